The lowest BCUT2D eigenvalue weighted by Crippen LogP contribution is -2.27. The molecule has 0 amide bonds. The molecule has 0 atom stereocenters. The molecular weight excluding hydrogens is 354 g/mol. The van der Waals surface area contributed by atoms with Gasteiger partial charge in [-0.15, -0.1) is 0 Å². The summed E-state index contributed by atoms with van der Waals surface area (Å²) in [4.78, 5) is 11.0. The highest BCUT2D eigenvalue weighted by atomic mass is 79.9. The maximum Gasteiger partial charge on any atom is 0.335 e. The van der Waals surface area contributed by atoms with Crippen molar-refractivity contribution in [3.63, 3.8) is 0 Å². The van der Waals surface area contributed by atoms with Crippen molar-refractivity contribution in [3.05, 3.63) is 27.7 Å². The number of hydrogen-bond acceptors (Lipinski definition) is 4. The Morgan fingerprint density at radius 1 is 1.47 bits per heavy atom. The van der Waals surface area contributed by atoms with Crippen molar-refractivity contribution in [2.24, 2.45) is 0 Å². The van der Waals surface area contributed by atoms with E-state index in [9.17, 15) is 13.2 Å². The molecule has 0 saturated carbocycles. The molecule has 0 spiro atoms. The third-order valence-electron chi connectivity index (χ3n) is 2.43. The number of rotatable bonds is 6. The van der Waals surface area contributed by atoms with Gasteiger partial charge in [-0.1, -0.05) is 15.9 Å². The topological polar surface area (TPSA) is 83.5 Å². The van der Waals surface area contributed by atoms with Gasteiger partial charge in [0.05, 0.1) is 10.5 Å². The summed E-state index contributed by atoms with van der Waals surface area (Å²) in [6.07, 6.45) is 1.88. The van der Waals surface area contributed by atoms with Gasteiger partial charge in [-0.3, -0.25) is 0 Å². The van der Waals surface area contributed by atoms with Gasteiger partial charge in [0.15, 0.2) is 0 Å². The van der Waals surface area contributed by atoms with Crippen LogP contribution < -0.4 is 4.72 Å². The van der Waals surface area contributed by atoms with Crippen LogP contribution in [0.5, 0.6) is 0 Å². The molecule has 106 valence electrons. The summed E-state index contributed by atoms with van der Waals surface area (Å²) in [6.45, 7) is 1.93. The fraction of sp³-hybridized carbons (Fsp3) is 0.364. The normalized spacial score (nSPS) is 11.5. The Morgan fingerprint density at radius 2 is 2.11 bits per heavy atom. The number of carboxylic acid groups (broad SMARTS) is 1. The van der Waals surface area contributed by atoms with E-state index in [-0.39, 0.29) is 10.5 Å². The van der Waals surface area contributed by atoms with Gasteiger partial charge in [0, 0.05) is 16.8 Å². The predicted molar refractivity (Wildman–Crippen MR) is 79.4 cm³/mol. The van der Waals surface area contributed by atoms with Crippen LogP contribution in [0.1, 0.15) is 15.9 Å². The van der Waals surface area contributed by atoms with Crippen LogP contribution in [0.2, 0.25) is 0 Å². The number of sulfonamides is 1. The van der Waals surface area contributed by atoms with Crippen molar-refractivity contribution in [2.75, 3.05) is 18.6 Å². The maximum absolute atomic E-state index is 12.1. The van der Waals surface area contributed by atoms with Crippen LogP contribution >= 0.6 is 27.7 Å². The Kier molecular flexibility index (Phi) is 5.84. The average Bonchev–Trinajstić information content (AvgIpc) is 2.32. The Hall–Kier alpha value is -0.570. The van der Waals surface area contributed by atoms with Gasteiger partial charge in [0.25, 0.3) is 0 Å². The van der Waals surface area contributed by atoms with Gasteiger partial charge in [-0.25, -0.2) is 17.9 Å². The lowest BCUT2D eigenvalue weighted by atomic mass is 10.1. The third-order valence-corrected chi connectivity index (χ3v) is 5.45. The molecule has 1 rings (SSSR count). The zero-order valence-corrected chi connectivity index (χ0v) is 13.7. The number of halogens is 1. The Balaban J connectivity index is 3.21. The second kappa shape index (κ2) is 6.74. The maximum atomic E-state index is 12.1. The van der Waals surface area contributed by atoms with Crippen molar-refractivity contribution < 1.29 is 18.3 Å². The molecule has 1 aromatic rings. The second-order valence-electron chi connectivity index (χ2n) is 3.78. The first-order valence-electron chi connectivity index (χ1n) is 5.31. The Bertz CT molecular complexity index is 587. The van der Waals surface area contributed by atoms with Crippen LogP contribution in [0.3, 0.4) is 0 Å². The van der Waals surface area contributed by atoms with E-state index < -0.39 is 16.0 Å². The quantitative estimate of drug-likeness (QED) is 0.752. The summed E-state index contributed by atoms with van der Waals surface area (Å²) in [6, 6.07) is 2.56. The molecule has 8 heteroatoms. The second-order valence-corrected chi connectivity index (χ2v) is 7.35. The summed E-state index contributed by atoms with van der Waals surface area (Å²) >= 11 is 4.70. The van der Waals surface area contributed by atoms with Crippen molar-refractivity contribution in [2.45, 2.75) is 11.8 Å². The van der Waals surface area contributed by atoms with Gasteiger partial charge >= 0.3 is 5.97 Å². The van der Waals surface area contributed by atoms with Crippen molar-refractivity contribution in [1.82, 2.24) is 4.72 Å². The molecule has 19 heavy (non-hydrogen) atoms. The van der Waals surface area contributed by atoms with Crippen LogP contribution in [-0.2, 0) is 10.0 Å². The minimum Gasteiger partial charge on any atom is -0.478 e. The molecule has 0 aliphatic carbocycles. The van der Waals surface area contributed by atoms with E-state index in [2.05, 4.69) is 20.7 Å². The molecule has 0 heterocycles. The van der Waals surface area contributed by atoms with E-state index in [1.807, 2.05) is 6.26 Å². The van der Waals surface area contributed by atoms with E-state index >= 15 is 0 Å². The van der Waals surface area contributed by atoms with Crippen LogP contribution in [0.15, 0.2) is 21.5 Å². The first kappa shape index (κ1) is 16.5. The van der Waals surface area contributed by atoms with Crippen molar-refractivity contribution in [3.8, 4) is 0 Å². The largest absolute Gasteiger partial charge is 0.478 e. The zero-order valence-electron chi connectivity index (χ0n) is 10.4. The molecule has 2 N–H and O–H groups in total. The monoisotopic (exact) mass is 367 g/mol. The summed E-state index contributed by atoms with van der Waals surface area (Å²) in [5.41, 5.74) is 0.421. The molecule has 0 aliphatic heterocycles. The number of hydrogen-bond donors (Lipinski definition) is 2. The molecular formula is C11H14BrNO4S2. The molecule has 0 aromatic heterocycles. The molecule has 0 aliphatic rings. The summed E-state index contributed by atoms with van der Waals surface area (Å²) in [5, 5.41) is 8.97. The Labute approximate surface area is 125 Å². The number of thioether (sulfide) groups is 1. The number of carboxylic acids is 1. The van der Waals surface area contributed by atoms with Gasteiger partial charge in [-0.2, -0.15) is 11.8 Å². The summed E-state index contributed by atoms with van der Waals surface area (Å²) in [5.74, 6) is -0.515. The van der Waals surface area contributed by atoms with Gasteiger partial charge in [0.2, 0.25) is 10.0 Å². The molecule has 0 fully saturated rings. The third kappa shape index (κ3) is 4.20. The smallest absolute Gasteiger partial charge is 0.335 e. The number of carbonyl (C=O) groups is 1. The van der Waals surface area contributed by atoms with Gasteiger partial charge in [-0.05, 0) is 30.9 Å². The Morgan fingerprint density at radius 3 is 2.63 bits per heavy atom. The van der Waals surface area contributed by atoms with Gasteiger partial charge < -0.3 is 5.11 Å². The highest BCUT2D eigenvalue weighted by Crippen LogP contribution is 2.25. The van der Waals surface area contributed by atoms with E-state index in [0.717, 1.165) is 0 Å². The lowest BCUT2D eigenvalue weighted by Gasteiger charge is -2.11. The molecule has 0 bridgehead atoms. The first-order valence-corrected chi connectivity index (χ1v) is 8.98. The van der Waals surface area contributed by atoms with E-state index in [0.29, 0.717) is 22.3 Å². The minimum absolute atomic E-state index is 0.0135. The standard InChI is InChI=1S/C11H14BrNO4S2/c1-7-9(12)5-8(11(14)15)6-10(7)19(16,17)13-3-4-18-2/h5-6,13H,3-4H2,1-2H3,(H,14,15). The summed E-state index contributed by atoms with van der Waals surface area (Å²) in [7, 11) is -3.70. The van der Waals surface area contributed by atoms with Crippen LogP contribution in [0.4, 0.5) is 0 Å². The average molecular weight is 368 g/mol. The highest BCUT2D eigenvalue weighted by Gasteiger charge is 2.20. The fourth-order valence-corrected chi connectivity index (χ4v) is 3.76. The number of aromatic carboxylic acids is 1. The number of nitrogens with one attached hydrogen (secondary N) is 1. The highest BCUT2D eigenvalue weighted by molar-refractivity contribution is 9.10. The molecule has 0 unspecified atom stereocenters. The zero-order chi connectivity index (χ0) is 14.6. The predicted octanol–water partition coefficient (Wildman–Crippen LogP) is 2.10. The van der Waals surface area contributed by atoms with E-state index in [1.54, 1.807) is 6.92 Å². The minimum atomic E-state index is -3.70. The van der Waals surface area contributed by atoms with E-state index in [4.69, 9.17) is 5.11 Å². The lowest BCUT2D eigenvalue weighted by molar-refractivity contribution is 0.0696. The van der Waals surface area contributed by atoms with Crippen LogP contribution in [0.25, 0.3) is 0 Å². The number of benzene rings is 1. The van der Waals surface area contributed by atoms with Gasteiger partial charge in [0.1, 0.15) is 0 Å². The molecule has 5 nitrogen and oxygen atoms in total. The van der Waals surface area contributed by atoms with Crippen LogP contribution in [0, 0.1) is 6.92 Å². The molecule has 0 saturated heterocycles. The fourth-order valence-electron chi connectivity index (χ4n) is 1.41. The van der Waals surface area contributed by atoms with Crippen molar-refractivity contribution in [1.29, 1.82) is 0 Å². The summed E-state index contributed by atoms with van der Waals surface area (Å²) < 4.78 is 27.1. The molecule has 1 aromatic carbocycles. The first-order chi connectivity index (χ1) is 8.79. The molecule has 0 radical (unpaired) electrons. The van der Waals surface area contributed by atoms with E-state index in [1.165, 1.54) is 23.9 Å². The van der Waals surface area contributed by atoms with Crippen LogP contribution in [-0.4, -0.2) is 38.0 Å². The van der Waals surface area contributed by atoms with Crippen molar-refractivity contribution >= 4 is 43.7 Å². The SMILES string of the molecule is CSCCNS(=O)(=O)c1cc(C(=O)O)cc(Br)c1C.